The molecule has 0 spiro atoms. The monoisotopic (exact) mass is 439 g/mol. The van der Waals surface area contributed by atoms with Gasteiger partial charge < -0.3 is 4.74 Å². The van der Waals surface area contributed by atoms with Gasteiger partial charge in [0.1, 0.15) is 0 Å². The van der Waals surface area contributed by atoms with Crippen molar-refractivity contribution in [3.8, 4) is 11.3 Å². The summed E-state index contributed by atoms with van der Waals surface area (Å²) < 4.78 is 5.22. The van der Waals surface area contributed by atoms with Gasteiger partial charge in [-0.15, -0.1) is 0 Å². The molecule has 0 aliphatic rings. The second kappa shape index (κ2) is 9.74. The lowest BCUT2D eigenvalue weighted by atomic mass is 10.0. The molecule has 0 aliphatic carbocycles. The molecule has 33 heavy (non-hydrogen) atoms. The molecule has 4 aromatic rings. The summed E-state index contributed by atoms with van der Waals surface area (Å²) in [5.74, 6) is -1.80. The molecule has 0 fully saturated rings. The smallest absolute Gasteiger partial charge is 0.339 e. The minimum Gasteiger partial charge on any atom is -0.452 e. The molecule has 0 saturated heterocycles. The highest BCUT2D eigenvalue weighted by Crippen LogP contribution is 2.25. The number of carbonyl (C=O) groups excluding carboxylic acids is 3. The predicted octanol–water partition coefficient (Wildman–Crippen LogP) is 3.83. The van der Waals surface area contributed by atoms with Gasteiger partial charge in [-0.2, -0.15) is 0 Å². The van der Waals surface area contributed by atoms with E-state index in [1.807, 2.05) is 43.3 Å². The van der Waals surface area contributed by atoms with Crippen molar-refractivity contribution in [1.82, 2.24) is 15.8 Å². The lowest BCUT2D eigenvalue weighted by molar-refractivity contribution is -0.125. The number of amides is 2. The Morgan fingerprint density at radius 2 is 1.55 bits per heavy atom. The molecule has 3 aromatic carbocycles. The zero-order valence-corrected chi connectivity index (χ0v) is 17.9. The number of carbonyl (C=O) groups is 3. The minimum atomic E-state index is -0.662. The van der Waals surface area contributed by atoms with E-state index in [4.69, 9.17) is 4.74 Å². The molecule has 2 amide bonds. The van der Waals surface area contributed by atoms with Gasteiger partial charge in [0, 0.05) is 16.5 Å². The highest BCUT2D eigenvalue weighted by atomic mass is 16.5. The maximum Gasteiger partial charge on any atom is 0.339 e. The van der Waals surface area contributed by atoms with Crippen molar-refractivity contribution in [2.24, 2.45) is 0 Å². The molecule has 4 rings (SSSR count). The Morgan fingerprint density at radius 1 is 0.848 bits per heavy atom. The van der Waals surface area contributed by atoms with E-state index in [0.29, 0.717) is 27.7 Å². The summed E-state index contributed by atoms with van der Waals surface area (Å²) >= 11 is 0. The Balaban J connectivity index is 1.46. The van der Waals surface area contributed by atoms with Gasteiger partial charge in [-0.3, -0.25) is 20.4 Å². The first-order valence-corrected chi connectivity index (χ1v) is 10.3. The number of fused-ring (bicyclic) bond motifs is 1. The molecule has 7 heteroatoms. The highest BCUT2D eigenvalue weighted by molar-refractivity contribution is 6.05. The van der Waals surface area contributed by atoms with Crippen LogP contribution in [-0.2, 0) is 9.53 Å². The van der Waals surface area contributed by atoms with Crippen LogP contribution in [0.2, 0.25) is 0 Å². The summed E-state index contributed by atoms with van der Waals surface area (Å²) in [6.07, 6.45) is 0. The summed E-state index contributed by atoms with van der Waals surface area (Å²) in [5.41, 5.74) is 8.46. The summed E-state index contributed by atoms with van der Waals surface area (Å²) in [4.78, 5) is 41.6. The van der Waals surface area contributed by atoms with E-state index in [9.17, 15) is 14.4 Å². The summed E-state index contributed by atoms with van der Waals surface area (Å²) in [5, 5.41) is 0.621. The largest absolute Gasteiger partial charge is 0.452 e. The lowest BCUT2D eigenvalue weighted by Crippen LogP contribution is -2.43. The number of hydrogen-bond donors (Lipinski definition) is 2. The maximum absolute atomic E-state index is 12.8. The molecule has 164 valence electrons. The fourth-order valence-corrected chi connectivity index (χ4v) is 3.25. The van der Waals surface area contributed by atoms with Crippen molar-refractivity contribution < 1.29 is 19.1 Å². The Kier molecular flexibility index (Phi) is 6.40. The van der Waals surface area contributed by atoms with Crippen LogP contribution in [0, 0.1) is 6.92 Å². The van der Waals surface area contributed by atoms with Crippen molar-refractivity contribution in [2.75, 3.05) is 6.61 Å². The average Bonchev–Trinajstić information content (AvgIpc) is 2.86. The van der Waals surface area contributed by atoms with Crippen LogP contribution in [0.4, 0.5) is 0 Å². The standard InChI is InChI=1S/C26H21N3O4/c1-17-11-13-18(14-12-17)23-15-21(20-9-5-6-10-22(20)27-23)26(32)33-16-24(30)28-29-25(31)19-7-3-2-4-8-19/h2-15H,16H2,1H3,(H,28,30)(H,29,31). The van der Waals surface area contributed by atoms with Crippen LogP contribution < -0.4 is 10.9 Å². The van der Waals surface area contributed by atoms with E-state index in [1.54, 1.807) is 48.5 Å². The first kappa shape index (κ1) is 21.7. The molecule has 2 N–H and O–H groups in total. The Hall–Kier alpha value is -4.52. The maximum atomic E-state index is 12.8. The van der Waals surface area contributed by atoms with Crippen molar-refractivity contribution in [3.05, 3.63) is 102 Å². The van der Waals surface area contributed by atoms with Gasteiger partial charge in [0.2, 0.25) is 0 Å². The van der Waals surface area contributed by atoms with Crippen LogP contribution in [0.3, 0.4) is 0 Å². The molecule has 1 aromatic heterocycles. The fraction of sp³-hybridized carbons (Fsp3) is 0.0769. The van der Waals surface area contributed by atoms with Gasteiger partial charge in [-0.1, -0.05) is 66.2 Å². The van der Waals surface area contributed by atoms with E-state index < -0.39 is 24.4 Å². The molecule has 7 nitrogen and oxygen atoms in total. The topological polar surface area (TPSA) is 97.4 Å². The molecule has 0 unspecified atom stereocenters. The van der Waals surface area contributed by atoms with Gasteiger partial charge in [-0.05, 0) is 31.2 Å². The summed E-state index contributed by atoms with van der Waals surface area (Å²) in [6, 6.07) is 25.1. The quantitative estimate of drug-likeness (QED) is 0.364. The van der Waals surface area contributed by atoms with Gasteiger partial charge in [0.15, 0.2) is 6.61 Å². The third kappa shape index (κ3) is 5.22. The number of aromatic nitrogens is 1. The molecule has 0 aliphatic heterocycles. The third-order valence-electron chi connectivity index (χ3n) is 4.97. The normalized spacial score (nSPS) is 10.5. The number of rotatable bonds is 5. The molecule has 0 saturated carbocycles. The van der Waals surface area contributed by atoms with Crippen LogP contribution in [-0.4, -0.2) is 29.4 Å². The molecular formula is C26H21N3O4. The number of para-hydroxylation sites is 1. The number of esters is 1. The van der Waals surface area contributed by atoms with E-state index >= 15 is 0 Å². The SMILES string of the molecule is Cc1ccc(-c2cc(C(=O)OCC(=O)NNC(=O)c3ccccc3)c3ccccc3n2)cc1. The Morgan fingerprint density at radius 3 is 2.30 bits per heavy atom. The van der Waals surface area contributed by atoms with Crippen molar-refractivity contribution in [1.29, 1.82) is 0 Å². The van der Waals surface area contributed by atoms with Gasteiger partial charge >= 0.3 is 5.97 Å². The van der Waals surface area contributed by atoms with Crippen molar-refractivity contribution in [3.63, 3.8) is 0 Å². The first-order chi connectivity index (χ1) is 16.0. The summed E-state index contributed by atoms with van der Waals surface area (Å²) in [7, 11) is 0. The van der Waals surface area contributed by atoms with E-state index in [1.165, 1.54) is 0 Å². The van der Waals surface area contributed by atoms with E-state index in [0.717, 1.165) is 11.1 Å². The number of pyridine rings is 1. The number of hydrazine groups is 1. The van der Waals surface area contributed by atoms with Crippen LogP contribution in [0.25, 0.3) is 22.2 Å². The second-order valence-corrected chi connectivity index (χ2v) is 7.38. The number of nitrogens with zero attached hydrogens (tertiary/aromatic N) is 1. The van der Waals surface area contributed by atoms with Crippen LogP contribution >= 0.6 is 0 Å². The number of nitrogens with one attached hydrogen (secondary N) is 2. The van der Waals surface area contributed by atoms with Gasteiger partial charge in [-0.25, -0.2) is 9.78 Å². The number of aryl methyl sites for hydroxylation is 1. The van der Waals surface area contributed by atoms with Gasteiger partial charge in [0.05, 0.1) is 16.8 Å². The van der Waals surface area contributed by atoms with E-state index in [2.05, 4.69) is 15.8 Å². The third-order valence-corrected chi connectivity index (χ3v) is 4.97. The first-order valence-electron chi connectivity index (χ1n) is 10.3. The molecule has 0 atom stereocenters. The molecular weight excluding hydrogens is 418 g/mol. The fourth-order valence-electron chi connectivity index (χ4n) is 3.25. The molecule has 1 heterocycles. The highest BCUT2D eigenvalue weighted by Gasteiger charge is 2.17. The Bertz CT molecular complexity index is 1320. The minimum absolute atomic E-state index is 0.303. The average molecular weight is 439 g/mol. The number of hydrogen-bond acceptors (Lipinski definition) is 5. The van der Waals surface area contributed by atoms with Gasteiger partial charge in [0.25, 0.3) is 11.8 Å². The zero-order chi connectivity index (χ0) is 23.2. The second-order valence-electron chi connectivity index (χ2n) is 7.38. The van der Waals surface area contributed by atoms with Crippen LogP contribution in [0.1, 0.15) is 26.3 Å². The van der Waals surface area contributed by atoms with Crippen molar-refractivity contribution >= 4 is 28.7 Å². The van der Waals surface area contributed by atoms with Crippen LogP contribution in [0.15, 0.2) is 84.9 Å². The molecule has 0 bridgehead atoms. The predicted molar refractivity (Wildman–Crippen MR) is 124 cm³/mol. The van der Waals surface area contributed by atoms with E-state index in [-0.39, 0.29) is 0 Å². The van der Waals surface area contributed by atoms with Crippen LogP contribution in [0.5, 0.6) is 0 Å². The Labute approximate surface area is 190 Å². The number of benzene rings is 3. The zero-order valence-electron chi connectivity index (χ0n) is 17.9. The lowest BCUT2D eigenvalue weighted by Gasteiger charge is -2.11. The number of ether oxygens (including phenoxy) is 1. The van der Waals surface area contributed by atoms with Crippen molar-refractivity contribution in [2.45, 2.75) is 6.92 Å². The molecule has 0 radical (unpaired) electrons. The summed E-state index contributed by atoms with van der Waals surface area (Å²) in [6.45, 7) is 1.44.